The molecule has 0 aromatic carbocycles. The van der Waals surface area contributed by atoms with Crippen molar-refractivity contribution < 1.29 is 0 Å². The van der Waals surface area contributed by atoms with Crippen molar-refractivity contribution in [3.05, 3.63) is 51.5 Å². The number of hydrogen-bond donors (Lipinski definition) is 0. The van der Waals surface area contributed by atoms with Crippen molar-refractivity contribution in [2.45, 2.75) is 26.2 Å². The molecule has 0 saturated heterocycles. The molecule has 0 atom stereocenters. The highest BCUT2D eigenvalue weighted by Crippen LogP contribution is 2.31. The van der Waals surface area contributed by atoms with Gasteiger partial charge in [-0.05, 0) is 23.6 Å². The van der Waals surface area contributed by atoms with Crippen molar-refractivity contribution in [3.8, 4) is 17.9 Å². The monoisotopic (exact) mass is 266 g/mol. The smallest absolute Gasteiger partial charge is 0.120 e. The van der Waals surface area contributed by atoms with E-state index in [0.29, 0.717) is 4.88 Å². The quantitative estimate of drug-likeness (QED) is 0.681. The summed E-state index contributed by atoms with van der Waals surface area (Å²) in [7, 11) is 0. The second-order valence-corrected chi connectivity index (χ2v) is 6.25. The topological polar surface area (TPSA) is 36.7 Å². The first kappa shape index (κ1) is 13.3. The number of thiophene rings is 1. The molecule has 0 unspecified atom stereocenters. The van der Waals surface area contributed by atoms with Crippen LogP contribution in [-0.4, -0.2) is 4.98 Å². The molecule has 2 nitrogen and oxygen atoms in total. The standard InChI is InChI=1S/C16H14N2S/c1-16(2,3)15-10-13(14(11-17)19-15)5-4-12-6-8-18-9-7-12/h6-10H,1-3H3. The zero-order chi connectivity index (χ0) is 13.9. The summed E-state index contributed by atoms with van der Waals surface area (Å²) in [6.45, 7) is 6.42. The third-order valence-electron chi connectivity index (χ3n) is 2.59. The van der Waals surface area contributed by atoms with Crippen LogP contribution in [0, 0.1) is 23.2 Å². The Labute approximate surface area is 117 Å². The molecule has 19 heavy (non-hydrogen) atoms. The molecule has 2 aromatic heterocycles. The summed E-state index contributed by atoms with van der Waals surface area (Å²) < 4.78 is 0. The van der Waals surface area contributed by atoms with Crippen molar-refractivity contribution in [1.29, 1.82) is 5.26 Å². The Kier molecular flexibility index (Phi) is 3.69. The first-order valence-electron chi connectivity index (χ1n) is 5.97. The minimum Gasteiger partial charge on any atom is -0.265 e. The molecule has 0 aliphatic rings. The lowest BCUT2D eigenvalue weighted by Crippen LogP contribution is -2.07. The van der Waals surface area contributed by atoms with E-state index in [1.54, 1.807) is 12.4 Å². The van der Waals surface area contributed by atoms with Crippen LogP contribution in [0.3, 0.4) is 0 Å². The molecule has 0 amide bonds. The van der Waals surface area contributed by atoms with E-state index in [2.05, 4.69) is 43.7 Å². The Bertz CT molecular complexity index is 674. The highest BCUT2D eigenvalue weighted by atomic mass is 32.1. The second-order valence-electron chi connectivity index (χ2n) is 5.20. The van der Waals surface area contributed by atoms with E-state index in [0.717, 1.165) is 11.1 Å². The Morgan fingerprint density at radius 2 is 1.84 bits per heavy atom. The highest BCUT2D eigenvalue weighted by Gasteiger charge is 2.18. The number of aromatic nitrogens is 1. The summed E-state index contributed by atoms with van der Waals surface area (Å²) in [4.78, 5) is 5.82. The zero-order valence-corrected chi connectivity index (χ0v) is 12.0. The van der Waals surface area contributed by atoms with Crippen LogP contribution in [0.5, 0.6) is 0 Å². The molecular weight excluding hydrogens is 252 g/mol. The van der Waals surface area contributed by atoms with Crippen LogP contribution in [0.4, 0.5) is 0 Å². The highest BCUT2D eigenvalue weighted by molar-refractivity contribution is 7.12. The molecule has 2 aromatic rings. The van der Waals surface area contributed by atoms with Crippen LogP contribution in [-0.2, 0) is 5.41 Å². The van der Waals surface area contributed by atoms with E-state index in [1.807, 2.05) is 18.2 Å². The van der Waals surface area contributed by atoms with E-state index in [4.69, 9.17) is 0 Å². The fraction of sp³-hybridized carbons (Fsp3) is 0.250. The van der Waals surface area contributed by atoms with Crippen molar-refractivity contribution in [1.82, 2.24) is 4.98 Å². The number of pyridine rings is 1. The van der Waals surface area contributed by atoms with E-state index < -0.39 is 0 Å². The van der Waals surface area contributed by atoms with E-state index in [-0.39, 0.29) is 5.41 Å². The van der Waals surface area contributed by atoms with E-state index in [9.17, 15) is 5.26 Å². The predicted octanol–water partition coefficient (Wildman–Crippen LogP) is 3.71. The van der Waals surface area contributed by atoms with Crippen molar-refractivity contribution >= 4 is 11.3 Å². The third kappa shape index (κ3) is 3.22. The average Bonchev–Trinajstić information content (AvgIpc) is 2.81. The van der Waals surface area contributed by atoms with Gasteiger partial charge in [-0.3, -0.25) is 4.98 Å². The number of nitrogens with zero attached hydrogens (tertiary/aromatic N) is 2. The first-order chi connectivity index (χ1) is 9.00. The van der Waals surface area contributed by atoms with Gasteiger partial charge in [0.2, 0.25) is 0 Å². The second kappa shape index (κ2) is 5.26. The molecule has 0 radical (unpaired) electrons. The third-order valence-corrected chi connectivity index (χ3v) is 4.06. The van der Waals surface area contributed by atoms with E-state index >= 15 is 0 Å². The Hall–Kier alpha value is -2.10. The molecule has 2 heterocycles. The minimum absolute atomic E-state index is 0.0485. The molecule has 0 bridgehead atoms. The lowest BCUT2D eigenvalue weighted by atomic mass is 9.94. The zero-order valence-electron chi connectivity index (χ0n) is 11.2. The molecule has 0 N–H and O–H groups in total. The summed E-state index contributed by atoms with van der Waals surface area (Å²) in [5, 5.41) is 9.18. The van der Waals surface area contributed by atoms with Gasteiger partial charge >= 0.3 is 0 Å². The lowest BCUT2D eigenvalue weighted by molar-refractivity contribution is 0.604. The Balaban J connectivity index is 2.39. The van der Waals surface area contributed by atoms with Gasteiger partial charge in [-0.2, -0.15) is 5.26 Å². The number of hydrogen-bond acceptors (Lipinski definition) is 3. The van der Waals surface area contributed by atoms with Gasteiger partial charge in [0, 0.05) is 22.8 Å². The normalized spacial score (nSPS) is 10.4. The number of nitriles is 1. The summed E-state index contributed by atoms with van der Waals surface area (Å²) >= 11 is 1.53. The van der Waals surface area contributed by atoms with Crippen molar-refractivity contribution in [2.75, 3.05) is 0 Å². The van der Waals surface area contributed by atoms with Gasteiger partial charge in [0.25, 0.3) is 0 Å². The van der Waals surface area contributed by atoms with Crippen LogP contribution in [0.2, 0.25) is 0 Å². The van der Waals surface area contributed by atoms with Gasteiger partial charge < -0.3 is 0 Å². The van der Waals surface area contributed by atoms with Crippen LogP contribution in [0.1, 0.15) is 41.7 Å². The molecule has 0 aliphatic carbocycles. The maximum absolute atomic E-state index is 9.18. The van der Waals surface area contributed by atoms with Crippen LogP contribution >= 0.6 is 11.3 Å². The molecule has 94 valence electrons. The molecule has 0 saturated carbocycles. The molecule has 3 heteroatoms. The SMILES string of the molecule is CC(C)(C)c1cc(C#Cc2ccncc2)c(C#N)s1. The molecular formula is C16H14N2S. The minimum atomic E-state index is 0.0485. The summed E-state index contributed by atoms with van der Waals surface area (Å²) in [5.41, 5.74) is 1.77. The maximum atomic E-state index is 9.18. The fourth-order valence-electron chi connectivity index (χ4n) is 1.51. The predicted molar refractivity (Wildman–Crippen MR) is 78.0 cm³/mol. The summed E-state index contributed by atoms with van der Waals surface area (Å²) in [6, 6.07) is 7.97. The van der Waals surface area contributed by atoms with Gasteiger partial charge in [-0.1, -0.05) is 32.6 Å². The Morgan fingerprint density at radius 3 is 2.42 bits per heavy atom. The molecule has 0 spiro atoms. The fourth-order valence-corrected chi connectivity index (χ4v) is 2.48. The summed E-state index contributed by atoms with van der Waals surface area (Å²) in [6.07, 6.45) is 3.42. The van der Waals surface area contributed by atoms with Crippen molar-refractivity contribution in [2.24, 2.45) is 0 Å². The van der Waals surface area contributed by atoms with Gasteiger partial charge in [0.05, 0.1) is 5.56 Å². The molecule has 2 rings (SSSR count). The maximum Gasteiger partial charge on any atom is 0.120 e. The lowest BCUT2D eigenvalue weighted by Gasteiger charge is -2.14. The van der Waals surface area contributed by atoms with Gasteiger partial charge in [0.15, 0.2) is 0 Å². The van der Waals surface area contributed by atoms with Gasteiger partial charge in [-0.25, -0.2) is 0 Å². The van der Waals surface area contributed by atoms with E-state index in [1.165, 1.54) is 16.2 Å². The largest absolute Gasteiger partial charge is 0.265 e. The number of rotatable bonds is 0. The van der Waals surface area contributed by atoms with Crippen LogP contribution in [0.25, 0.3) is 0 Å². The Morgan fingerprint density at radius 1 is 1.16 bits per heavy atom. The van der Waals surface area contributed by atoms with Gasteiger partial charge in [0.1, 0.15) is 10.9 Å². The first-order valence-corrected chi connectivity index (χ1v) is 6.79. The van der Waals surface area contributed by atoms with Gasteiger partial charge in [-0.15, -0.1) is 11.3 Å². The van der Waals surface area contributed by atoms with Crippen LogP contribution < -0.4 is 0 Å². The molecule has 0 aliphatic heterocycles. The van der Waals surface area contributed by atoms with Crippen molar-refractivity contribution in [3.63, 3.8) is 0 Å². The van der Waals surface area contributed by atoms with Crippen LogP contribution in [0.15, 0.2) is 30.6 Å². The summed E-state index contributed by atoms with van der Waals surface area (Å²) in [5.74, 6) is 6.15. The average molecular weight is 266 g/mol. The molecule has 0 fully saturated rings.